The molecule has 2 aromatic heterocycles. The quantitative estimate of drug-likeness (QED) is 0.739. The highest BCUT2D eigenvalue weighted by Crippen LogP contribution is 2.43. The van der Waals surface area contributed by atoms with Crippen LogP contribution in [0.25, 0.3) is 0 Å². The van der Waals surface area contributed by atoms with Crippen LogP contribution in [-0.2, 0) is 34.6 Å². The highest BCUT2D eigenvalue weighted by molar-refractivity contribution is 7.14. The number of hydrogen-bond acceptors (Lipinski definition) is 6. The minimum atomic E-state index is -0.202. The van der Waals surface area contributed by atoms with Crippen molar-refractivity contribution in [2.45, 2.75) is 38.0 Å². The highest BCUT2D eigenvalue weighted by Gasteiger charge is 2.40. The average Bonchev–Trinajstić information content (AvgIpc) is 3.29. The van der Waals surface area contributed by atoms with Crippen molar-refractivity contribution in [1.29, 1.82) is 0 Å². The lowest BCUT2D eigenvalue weighted by Gasteiger charge is -2.40. The van der Waals surface area contributed by atoms with Crippen LogP contribution in [0.4, 0.5) is 0 Å². The van der Waals surface area contributed by atoms with Gasteiger partial charge in [0, 0.05) is 18.4 Å². The van der Waals surface area contributed by atoms with E-state index in [1.807, 2.05) is 12.1 Å². The molecule has 0 radical (unpaired) electrons. The molecule has 2 aliphatic heterocycles. The van der Waals surface area contributed by atoms with Crippen LogP contribution in [0.1, 0.15) is 44.3 Å². The second-order valence-electron chi connectivity index (χ2n) is 6.79. The summed E-state index contributed by atoms with van der Waals surface area (Å²) in [5.41, 5.74) is 2.72. The monoisotopic (exact) mass is 376 g/mol. The lowest BCUT2D eigenvalue weighted by molar-refractivity contribution is -0.0792. The molecule has 0 unspecified atom stereocenters. The molecule has 4 rings (SSSR count). The van der Waals surface area contributed by atoms with E-state index in [0.29, 0.717) is 13.2 Å². The fraction of sp³-hybridized carbons (Fsp3) is 0.556. The third-order valence-corrected chi connectivity index (χ3v) is 6.25. The maximum atomic E-state index is 12.6. The number of piperidine rings is 1. The summed E-state index contributed by atoms with van der Waals surface area (Å²) in [5.74, 6) is -0.0450. The number of hydrogen-bond donors (Lipinski definition) is 3. The SMILES string of the molecule is COCc1cc(CNC(=O)c2cc3c(s2)CCOC32CCNCC2)[nH]n1. The van der Waals surface area contributed by atoms with E-state index in [4.69, 9.17) is 9.47 Å². The number of carbonyl (C=O) groups is 1. The Balaban J connectivity index is 1.45. The molecule has 7 nitrogen and oxygen atoms in total. The summed E-state index contributed by atoms with van der Waals surface area (Å²) < 4.78 is 11.2. The minimum Gasteiger partial charge on any atom is -0.378 e. The van der Waals surface area contributed by atoms with Crippen molar-refractivity contribution >= 4 is 17.2 Å². The standard InChI is InChI=1S/C18H24N4O3S/c1-24-11-13-8-12(21-22-13)10-20-17(23)16-9-14-15(26-16)2-7-25-18(14)3-5-19-6-4-18/h8-9,19H,2-7,10-11H2,1H3,(H,20,23)(H,21,22). The van der Waals surface area contributed by atoms with Gasteiger partial charge < -0.3 is 20.1 Å². The van der Waals surface area contributed by atoms with Gasteiger partial charge in [-0.15, -0.1) is 11.3 Å². The van der Waals surface area contributed by atoms with Crippen molar-refractivity contribution in [3.63, 3.8) is 0 Å². The van der Waals surface area contributed by atoms with Crippen molar-refractivity contribution in [1.82, 2.24) is 20.8 Å². The van der Waals surface area contributed by atoms with Crippen molar-refractivity contribution in [3.05, 3.63) is 38.8 Å². The van der Waals surface area contributed by atoms with Gasteiger partial charge in [-0.1, -0.05) is 0 Å². The van der Waals surface area contributed by atoms with Crippen molar-refractivity contribution in [2.24, 2.45) is 0 Å². The molecule has 0 atom stereocenters. The second kappa shape index (κ2) is 7.48. The first-order valence-corrected chi connectivity index (χ1v) is 9.80. The highest BCUT2D eigenvalue weighted by atomic mass is 32.1. The summed E-state index contributed by atoms with van der Waals surface area (Å²) in [5, 5.41) is 13.4. The van der Waals surface area contributed by atoms with Crippen LogP contribution in [0.5, 0.6) is 0 Å². The number of rotatable bonds is 5. The van der Waals surface area contributed by atoms with Gasteiger partial charge in [-0.25, -0.2) is 0 Å². The molecule has 0 aliphatic carbocycles. The third-order valence-electron chi connectivity index (χ3n) is 5.06. The molecule has 1 fully saturated rings. The Hall–Kier alpha value is -1.74. The van der Waals surface area contributed by atoms with Gasteiger partial charge in [-0.05, 0) is 43.6 Å². The molecule has 2 aliphatic rings. The zero-order valence-electron chi connectivity index (χ0n) is 14.9. The van der Waals surface area contributed by atoms with E-state index in [1.165, 1.54) is 10.4 Å². The van der Waals surface area contributed by atoms with Gasteiger partial charge in [0.1, 0.15) is 0 Å². The summed E-state index contributed by atoms with van der Waals surface area (Å²) in [6.45, 7) is 3.54. The first-order valence-electron chi connectivity index (χ1n) is 8.98. The van der Waals surface area contributed by atoms with Gasteiger partial charge in [0.2, 0.25) is 0 Å². The van der Waals surface area contributed by atoms with E-state index in [0.717, 1.165) is 55.2 Å². The molecule has 4 heterocycles. The zero-order valence-corrected chi connectivity index (χ0v) is 15.7. The van der Waals surface area contributed by atoms with Crippen LogP contribution in [0.2, 0.25) is 0 Å². The van der Waals surface area contributed by atoms with Gasteiger partial charge in [-0.2, -0.15) is 5.10 Å². The second-order valence-corrected chi connectivity index (χ2v) is 7.93. The van der Waals surface area contributed by atoms with E-state index < -0.39 is 0 Å². The Labute approximate surface area is 156 Å². The first-order chi connectivity index (χ1) is 12.7. The molecule has 1 amide bonds. The Bertz CT molecular complexity index is 779. The summed E-state index contributed by atoms with van der Waals surface area (Å²) >= 11 is 1.60. The summed E-state index contributed by atoms with van der Waals surface area (Å²) in [4.78, 5) is 14.7. The molecule has 0 bridgehead atoms. The number of aromatic nitrogens is 2. The van der Waals surface area contributed by atoms with Crippen molar-refractivity contribution < 1.29 is 14.3 Å². The summed E-state index contributed by atoms with van der Waals surface area (Å²) in [6, 6.07) is 3.95. The third kappa shape index (κ3) is 3.42. The number of ether oxygens (including phenoxy) is 2. The number of methoxy groups -OCH3 is 1. The number of carbonyl (C=O) groups excluding carboxylic acids is 1. The molecule has 0 saturated carbocycles. The molecule has 3 N–H and O–H groups in total. The van der Waals surface area contributed by atoms with Gasteiger partial charge in [0.05, 0.1) is 41.6 Å². The van der Waals surface area contributed by atoms with E-state index in [1.54, 1.807) is 18.4 Å². The Morgan fingerprint density at radius 1 is 1.42 bits per heavy atom. The molecule has 1 saturated heterocycles. The zero-order chi connectivity index (χ0) is 18.0. The Morgan fingerprint density at radius 3 is 3.08 bits per heavy atom. The molecular weight excluding hydrogens is 352 g/mol. The fourth-order valence-electron chi connectivity index (χ4n) is 3.76. The van der Waals surface area contributed by atoms with Crippen LogP contribution in [0, 0.1) is 0 Å². The predicted molar refractivity (Wildman–Crippen MR) is 98.2 cm³/mol. The molecule has 0 aromatic carbocycles. The smallest absolute Gasteiger partial charge is 0.261 e. The Kier molecular flexibility index (Phi) is 5.08. The van der Waals surface area contributed by atoms with Crippen LogP contribution in [0.15, 0.2) is 12.1 Å². The minimum absolute atomic E-state index is 0.0450. The maximum Gasteiger partial charge on any atom is 0.261 e. The predicted octanol–water partition coefficient (Wildman–Crippen LogP) is 1.70. The van der Waals surface area contributed by atoms with Crippen molar-refractivity contribution in [2.75, 3.05) is 26.8 Å². The lowest BCUT2D eigenvalue weighted by atomic mass is 9.83. The number of H-pyrrole nitrogens is 1. The number of fused-ring (bicyclic) bond motifs is 2. The lowest BCUT2D eigenvalue weighted by Crippen LogP contribution is -2.44. The first kappa shape index (κ1) is 17.7. The molecule has 1 spiro atoms. The Morgan fingerprint density at radius 2 is 2.27 bits per heavy atom. The van der Waals surface area contributed by atoms with Gasteiger partial charge in [0.25, 0.3) is 5.91 Å². The summed E-state index contributed by atoms with van der Waals surface area (Å²) in [6.07, 6.45) is 2.83. The fourth-order valence-corrected chi connectivity index (χ4v) is 4.90. The van der Waals surface area contributed by atoms with Gasteiger partial charge in [0.15, 0.2) is 0 Å². The molecule has 8 heteroatoms. The van der Waals surface area contributed by atoms with E-state index >= 15 is 0 Å². The van der Waals surface area contributed by atoms with Crippen LogP contribution >= 0.6 is 11.3 Å². The topological polar surface area (TPSA) is 88.3 Å². The van der Waals surface area contributed by atoms with Crippen molar-refractivity contribution in [3.8, 4) is 0 Å². The average molecular weight is 376 g/mol. The number of thiophene rings is 1. The van der Waals surface area contributed by atoms with Gasteiger partial charge >= 0.3 is 0 Å². The largest absolute Gasteiger partial charge is 0.378 e. The molecule has 2 aromatic rings. The molecule has 26 heavy (non-hydrogen) atoms. The molecule has 140 valence electrons. The van der Waals surface area contributed by atoms with Gasteiger partial charge in [-0.3, -0.25) is 9.89 Å². The number of aromatic amines is 1. The number of amides is 1. The van der Waals surface area contributed by atoms with E-state index in [-0.39, 0.29) is 11.5 Å². The van der Waals surface area contributed by atoms with E-state index in [9.17, 15) is 4.79 Å². The normalized spacial score (nSPS) is 18.7. The van der Waals surface area contributed by atoms with Crippen LogP contribution in [0.3, 0.4) is 0 Å². The van der Waals surface area contributed by atoms with Crippen LogP contribution in [-0.4, -0.2) is 42.9 Å². The number of nitrogens with one attached hydrogen (secondary N) is 3. The maximum absolute atomic E-state index is 12.6. The molecular formula is C18H24N4O3S. The number of nitrogens with zero attached hydrogens (tertiary/aromatic N) is 1. The van der Waals surface area contributed by atoms with Crippen LogP contribution < -0.4 is 10.6 Å². The summed E-state index contributed by atoms with van der Waals surface area (Å²) in [7, 11) is 1.63. The van der Waals surface area contributed by atoms with E-state index in [2.05, 4.69) is 20.8 Å².